The predicted molar refractivity (Wildman–Crippen MR) is 91.6 cm³/mol. The molecule has 0 unspecified atom stereocenters. The van der Waals surface area contributed by atoms with Crippen LogP contribution in [-0.4, -0.2) is 43.4 Å². The van der Waals surface area contributed by atoms with Crippen LogP contribution in [-0.2, 0) is 11.3 Å². The number of hydrogen-bond donors (Lipinski definition) is 2. The first kappa shape index (κ1) is 15.1. The molecule has 1 aromatic carbocycles. The van der Waals surface area contributed by atoms with Gasteiger partial charge in [-0.25, -0.2) is 4.68 Å². The van der Waals surface area contributed by atoms with Gasteiger partial charge in [-0.2, -0.15) is 5.10 Å². The van der Waals surface area contributed by atoms with Gasteiger partial charge in [0, 0.05) is 18.3 Å². The standard InChI is InChI=1S/C16H16N8O/c1-10-12(9-24-16(23(10)2)20-21-22-24)15(25)18-13-8-17-19-14(13)11-6-4-3-5-7-11/h3-8H,9H2,1-2H3,(H,17,19)(H,18,25). The summed E-state index contributed by atoms with van der Waals surface area (Å²) in [5, 5.41) is 21.5. The Morgan fingerprint density at radius 2 is 2.08 bits per heavy atom. The molecule has 9 heteroatoms. The number of amides is 1. The highest BCUT2D eigenvalue weighted by Gasteiger charge is 2.27. The van der Waals surface area contributed by atoms with Gasteiger partial charge in [0.2, 0.25) is 5.95 Å². The number of aromatic nitrogens is 6. The largest absolute Gasteiger partial charge is 0.319 e. The topological polar surface area (TPSA) is 105 Å². The second-order valence-electron chi connectivity index (χ2n) is 5.74. The lowest BCUT2D eigenvalue weighted by Gasteiger charge is -2.26. The second-order valence-corrected chi connectivity index (χ2v) is 5.74. The molecule has 126 valence electrons. The minimum atomic E-state index is -0.205. The van der Waals surface area contributed by atoms with Gasteiger partial charge in [0.05, 0.1) is 29.7 Å². The van der Waals surface area contributed by atoms with Gasteiger partial charge in [0.25, 0.3) is 5.91 Å². The molecule has 0 aliphatic carbocycles. The van der Waals surface area contributed by atoms with Crippen LogP contribution >= 0.6 is 0 Å². The van der Waals surface area contributed by atoms with Crippen molar-refractivity contribution in [3.05, 3.63) is 47.8 Å². The van der Waals surface area contributed by atoms with E-state index in [9.17, 15) is 4.79 Å². The van der Waals surface area contributed by atoms with E-state index >= 15 is 0 Å². The molecule has 0 saturated heterocycles. The number of H-pyrrole nitrogens is 1. The molecule has 1 aliphatic heterocycles. The van der Waals surface area contributed by atoms with E-state index in [2.05, 4.69) is 31.0 Å². The third-order valence-corrected chi connectivity index (χ3v) is 4.28. The maximum absolute atomic E-state index is 12.8. The summed E-state index contributed by atoms with van der Waals surface area (Å²) in [5.74, 6) is 0.409. The summed E-state index contributed by atoms with van der Waals surface area (Å²) in [7, 11) is 1.83. The predicted octanol–water partition coefficient (Wildman–Crippen LogP) is 1.43. The number of nitrogens with zero attached hydrogens (tertiary/aromatic N) is 6. The van der Waals surface area contributed by atoms with Crippen molar-refractivity contribution in [2.45, 2.75) is 13.5 Å². The van der Waals surface area contributed by atoms with Gasteiger partial charge >= 0.3 is 0 Å². The lowest BCUT2D eigenvalue weighted by atomic mass is 10.1. The first-order chi connectivity index (χ1) is 12.1. The normalized spacial score (nSPS) is 13.8. The van der Waals surface area contributed by atoms with Gasteiger partial charge < -0.3 is 10.2 Å². The molecule has 1 amide bonds. The van der Waals surface area contributed by atoms with Crippen LogP contribution in [0.15, 0.2) is 47.8 Å². The first-order valence-corrected chi connectivity index (χ1v) is 7.75. The molecular formula is C16H16N8O. The minimum Gasteiger partial charge on any atom is -0.319 e. The molecule has 0 spiro atoms. The number of anilines is 2. The molecule has 2 N–H and O–H groups in total. The number of fused-ring (bicyclic) bond motifs is 1. The third kappa shape index (κ3) is 2.55. The van der Waals surface area contributed by atoms with Gasteiger partial charge in [-0.05, 0) is 17.4 Å². The van der Waals surface area contributed by atoms with Crippen molar-refractivity contribution in [1.29, 1.82) is 0 Å². The summed E-state index contributed by atoms with van der Waals surface area (Å²) in [4.78, 5) is 14.6. The summed E-state index contributed by atoms with van der Waals surface area (Å²) in [5.41, 5.74) is 3.75. The van der Waals surface area contributed by atoms with E-state index in [1.165, 1.54) is 0 Å². The lowest BCUT2D eigenvalue weighted by molar-refractivity contribution is -0.113. The van der Waals surface area contributed by atoms with E-state index in [4.69, 9.17) is 0 Å². The molecule has 0 saturated carbocycles. The molecule has 0 fully saturated rings. The second kappa shape index (κ2) is 5.86. The number of carbonyl (C=O) groups is 1. The maximum Gasteiger partial charge on any atom is 0.255 e. The van der Waals surface area contributed by atoms with Crippen LogP contribution in [0.4, 0.5) is 11.6 Å². The minimum absolute atomic E-state index is 0.205. The van der Waals surface area contributed by atoms with Crippen LogP contribution in [0.2, 0.25) is 0 Å². The smallest absolute Gasteiger partial charge is 0.255 e. The molecule has 25 heavy (non-hydrogen) atoms. The maximum atomic E-state index is 12.8. The van der Waals surface area contributed by atoms with Gasteiger partial charge in [0.1, 0.15) is 0 Å². The van der Waals surface area contributed by atoms with E-state index in [1.54, 1.807) is 15.8 Å². The fraction of sp³-hybridized carbons (Fsp3) is 0.188. The molecule has 3 aromatic rings. The fourth-order valence-electron chi connectivity index (χ4n) is 2.80. The molecular weight excluding hydrogens is 320 g/mol. The van der Waals surface area contributed by atoms with Gasteiger partial charge in [0.15, 0.2) is 0 Å². The van der Waals surface area contributed by atoms with E-state index in [1.807, 2.05) is 44.3 Å². The summed E-state index contributed by atoms with van der Waals surface area (Å²) in [6.45, 7) is 2.20. The highest BCUT2D eigenvalue weighted by molar-refractivity contribution is 6.06. The van der Waals surface area contributed by atoms with E-state index in [0.29, 0.717) is 23.8 Å². The van der Waals surface area contributed by atoms with E-state index < -0.39 is 0 Å². The summed E-state index contributed by atoms with van der Waals surface area (Å²) in [6, 6.07) is 9.71. The molecule has 0 atom stereocenters. The van der Waals surface area contributed by atoms with Crippen molar-refractivity contribution in [1.82, 2.24) is 30.4 Å². The zero-order chi connectivity index (χ0) is 17.4. The van der Waals surface area contributed by atoms with Crippen molar-refractivity contribution < 1.29 is 4.79 Å². The quantitative estimate of drug-likeness (QED) is 0.749. The van der Waals surface area contributed by atoms with Crippen molar-refractivity contribution in [2.75, 3.05) is 17.3 Å². The summed E-state index contributed by atoms with van der Waals surface area (Å²) in [6.07, 6.45) is 1.60. The Morgan fingerprint density at radius 3 is 2.88 bits per heavy atom. The van der Waals surface area contributed by atoms with Gasteiger partial charge in [-0.3, -0.25) is 9.89 Å². The number of carbonyl (C=O) groups excluding carboxylic acids is 1. The van der Waals surface area contributed by atoms with Crippen molar-refractivity contribution >= 4 is 17.5 Å². The van der Waals surface area contributed by atoms with E-state index in [-0.39, 0.29) is 5.91 Å². The van der Waals surface area contributed by atoms with Crippen molar-refractivity contribution in [2.24, 2.45) is 0 Å². The molecule has 4 rings (SSSR count). The molecule has 2 aromatic heterocycles. The molecule has 3 heterocycles. The van der Waals surface area contributed by atoms with Crippen LogP contribution in [0.1, 0.15) is 6.92 Å². The average Bonchev–Trinajstić information content (AvgIpc) is 3.28. The third-order valence-electron chi connectivity index (χ3n) is 4.28. The first-order valence-electron chi connectivity index (χ1n) is 7.75. The van der Waals surface area contributed by atoms with Crippen LogP contribution in [0, 0.1) is 0 Å². The SMILES string of the molecule is CC1=C(C(=O)Nc2cn[nH]c2-c2ccccc2)Cn2nnnc2N1C. The number of nitrogens with one attached hydrogen (secondary N) is 2. The zero-order valence-electron chi connectivity index (χ0n) is 13.8. The molecule has 1 aliphatic rings. The molecule has 9 nitrogen and oxygen atoms in total. The fourth-order valence-corrected chi connectivity index (χ4v) is 2.80. The Hall–Kier alpha value is -3.49. The van der Waals surface area contributed by atoms with E-state index in [0.717, 1.165) is 17.0 Å². The van der Waals surface area contributed by atoms with Crippen molar-refractivity contribution in [3.63, 3.8) is 0 Å². The Bertz CT molecular complexity index is 955. The van der Waals surface area contributed by atoms with Crippen LogP contribution in [0.25, 0.3) is 11.3 Å². The van der Waals surface area contributed by atoms with Gasteiger partial charge in [-0.15, -0.1) is 0 Å². The van der Waals surface area contributed by atoms with Crippen LogP contribution in [0.5, 0.6) is 0 Å². The number of allylic oxidation sites excluding steroid dienone is 1. The molecule has 0 radical (unpaired) electrons. The Balaban J connectivity index is 1.62. The lowest BCUT2D eigenvalue weighted by Crippen LogP contribution is -2.32. The Kier molecular flexibility index (Phi) is 3.53. The number of hydrogen-bond acceptors (Lipinski definition) is 6. The molecule has 0 bridgehead atoms. The Labute approximate surface area is 143 Å². The number of benzene rings is 1. The number of aromatic amines is 1. The number of rotatable bonds is 3. The van der Waals surface area contributed by atoms with Crippen LogP contribution in [0.3, 0.4) is 0 Å². The van der Waals surface area contributed by atoms with Crippen molar-refractivity contribution in [3.8, 4) is 11.3 Å². The summed E-state index contributed by atoms with van der Waals surface area (Å²) < 4.78 is 1.59. The highest BCUT2D eigenvalue weighted by Crippen LogP contribution is 2.27. The Morgan fingerprint density at radius 1 is 1.28 bits per heavy atom. The zero-order valence-corrected chi connectivity index (χ0v) is 13.8. The average molecular weight is 336 g/mol. The van der Waals surface area contributed by atoms with Gasteiger partial charge in [-0.1, -0.05) is 35.4 Å². The number of tetrazole rings is 1. The van der Waals surface area contributed by atoms with Crippen LogP contribution < -0.4 is 10.2 Å². The monoisotopic (exact) mass is 336 g/mol. The summed E-state index contributed by atoms with van der Waals surface area (Å²) >= 11 is 0. The highest BCUT2D eigenvalue weighted by atomic mass is 16.1.